The quantitative estimate of drug-likeness (QED) is 0.891. The largest absolute Gasteiger partial charge is 0.504 e. The topological polar surface area (TPSA) is 79.2 Å². The molecule has 0 saturated carbocycles. The lowest BCUT2D eigenvalue weighted by Gasteiger charge is -2.35. The van der Waals surface area contributed by atoms with Crippen LogP contribution in [0.1, 0.15) is 22.7 Å². The van der Waals surface area contributed by atoms with Crippen LogP contribution in [0.2, 0.25) is 0 Å². The number of benzene rings is 2. The van der Waals surface area contributed by atoms with Gasteiger partial charge in [-0.3, -0.25) is 4.79 Å². The summed E-state index contributed by atoms with van der Waals surface area (Å²) in [5, 5.41) is 20.1. The molecule has 0 bridgehead atoms. The van der Waals surface area contributed by atoms with Gasteiger partial charge in [0.1, 0.15) is 0 Å². The van der Waals surface area contributed by atoms with E-state index < -0.39 is 0 Å². The fourth-order valence-electron chi connectivity index (χ4n) is 3.26. The molecule has 1 aliphatic heterocycles. The fourth-order valence-corrected chi connectivity index (χ4v) is 3.26. The van der Waals surface area contributed by atoms with Gasteiger partial charge in [-0.2, -0.15) is 0 Å². The number of rotatable bonds is 4. The monoisotopic (exact) mass is 343 g/mol. The molecule has 0 aromatic heterocycles. The predicted octanol–water partition coefficient (Wildman–Crippen LogP) is 2.41. The molecule has 0 aliphatic carbocycles. The Morgan fingerprint density at radius 1 is 1.08 bits per heavy atom. The molecule has 6 heteroatoms. The van der Waals surface area contributed by atoms with Crippen LogP contribution in [-0.4, -0.2) is 42.3 Å². The summed E-state index contributed by atoms with van der Waals surface area (Å²) in [5.74, 6) is 0.869. The SMILES string of the molecule is COc1ccc(C[C@@H]2c3cc(O)c(OC)cc3CC(=O)N2C)cc1O. The van der Waals surface area contributed by atoms with Gasteiger partial charge in [-0.1, -0.05) is 6.07 Å². The molecule has 0 radical (unpaired) electrons. The Bertz CT molecular complexity index is 818. The highest BCUT2D eigenvalue weighted by atomic mass is 16.5. The molecule has 3 rings (SSSR count). The number of phenolic OH excluding ortho intramolecular Hbond substituents is 2. The van der Waals surface area contributed by atoms with Crippen molar-refractivity contribution in [3.05, 3.63) is 47.0 Å². The lowest BCUT2D eigenvalue weighted by Crippen LogP contribution is -2.38. The van der Waals surface area contributed by atoms with Crippen molar-refractivity contribution in [2.45, 2.75) is 18.9 Å². The molecule has 1 atom stereocenters. The smallest absolute Gasteiger partial charge is 0.227 e. The van der Waals surface area contributed by atoms with Crippen molar-refractivity contribution >= 4 is 5.91 Å². The summed E-state index contributed by atoms with van der Waals surface area (Å²) in [6.07, 6.45) is 0.783. The maximum Gasteiger partial charge on any atom is 0.227 e. The van der Waals surface area contributed by atoms with Crippen LogP contribution in [0.5, 0.6) is 23.0 Å². The van der Waals surface area contributed by atoms with Crippen molar-refractivity contribution in [3.8, 4) is 23.0 Å². The van der Waals surface area contributed by atoms with Crippen molar-refractivity contribution in [1.29, 1.82) is 0 Å². The second-order valence-corrected chi connectivity index (χ2v) is 6.13. The van der Waals surface area contributed by atoms with Crippen LogP contribution >= 0.6 is 0 Å². The molecular weight excluding hydrogens is 322 g/mol. The summed E-state index contributed by atoms with van der Waals surface area (Å²) in [7, 11) is 4.73. The number of aromatic hydroxyl groups is 2. The summed E-state index contributed by atoms with van der Waals surface area (Å²) >= 11 is 0. The zero-order chi connectivity index (χ0) is 18.1. The number of fused-ring (bicyclic) bond motifs is 1. The standard InChI is InChI=1S/C19H21NO5/c1-20-14(6-11-4-5-17(24-2)15(21)7-11)13-10-16(22)18(25-3)8-12(13)9-19(20)23/h4-5,7-8,10,14,21-22H,6,9H2,1-3H3/t14-/m1/s1. The molecule has 1 aliphatic rings. The van der Waals surface area contributed by atoms with E-state index in [0.717, 1.165) is 16.7 Å². The van der Waals surface area contributed by atoms with Crippen LogP contribution in [0, 0.1) is 0 Å². The van der Waals surface area contributed by atoms with E-state index >= 15 is 0 Å². The van der Waals surface area contributed by atoms with Crippen LogP contribution in [-0.2, 0) is 17.6 Å². The Kier molecular flexibility index (Phi) is 4.44. The normalized spacial score (nSPS) is 16.5. The predicted molar refractivity (Wildman–Crippen MR) is 92.2 cm³/mol. The third kappa shape index (κ3) is 3.07. The molecule has 132 valence electrons. The number of phenols is 2. The van der Waals surface area contributed by atoms with Crippen molar-refractivity contribution in [1.82, 2.24) is 4.90 Å². The van der Waals surface area contributed by atoms with E-state index in [-0.39, 0.29) is 29.9 Å². The minimum absolute atomic E-state index is 0.00276. The highest BCUT2D eigenvalue weighted by Crippen LogP contribution is 2.39. The molecule has 0 unspecified atom stereocenters. The number of hydrogen-bond acceptors (Lipinski definition) is 5. The molecule has 0 spiro atoms. The first-order valence-electron chi connectivity index (χ1n) is 7.96. The highest BCUT2D eigenvalue weighted by molar-refractivity contribution is 5.82. The molecule has 0 saturated heterocycles. The van der Waals surface area contributed by atoms with E-state index in [4.69, 9.17) is 9.47 Å². The minimum Gasteiger partial charge on any atom is -0.504 e. The first kappa shape index (κ1) is 17.0. The van der Waals surface area contributed by atoms with Crippen molar-refractivity contribution in [3.63, 3.8) is 0 Å². The second kappa shape index (κ2) is 6.55. The number of amides is 1. The third-order valence-electron chi connectivity index (χ3n) is 4.67. The molecule has 6 nitrogen and oxygen atoms in total. The van der Waals surface area contributed by atoms with Gasteiger partial charge in [0.2, 0.25) is 5.91 Å². The number of likely N-dealkylation sites (N-methyl/N-ethyl adjacent to an activating group) is 1. The van der Waals surface area contributed by atoms with Crippen molar-refractivity contribution in [2.75, 3.05) is 21.3 Å². The second-order valence-electron chi connectivity index (χ2n) is 6.13. The maximum atomic E-state index is 12.4. The number of carbonyl (C=O) groups is 1. The van der Waals surface area contributed by atoms with Crippen LogP contribution in [0.4, 0.5) is 0 Å². The summed E-state index contributed by atoms with van der Waals surface area (Å²) in [4.78, 5) is 14.0. The lowest BCUT2D eigenvalue weighted by atomic mass is 9.88. The maximum absolute atomic E-state index is 12.4. The molecule has 1 heterocycles. The number of methoxy groups -OCH3 is 2. The summed E-state index contributed by atoms with van der Waals surface area (Å²) in [5.41, 5.74) is 2.60. The number of carbonyl (C=O) groups excluding carboxylic acids is 1. The van der Waals surface area contributed by atoms with Gasteiger partial charge in [-0.25, -0.2) is 0 Å². The number of hydrogen-bond donors (Lipinski definition) is 2. The number of ether oxygens (including phenoxy) is 2. The highest BCUT2D eigenvalue weighted by Gasteiger charge is 2.31. The molecule has 25 heavy (non-hydrogen) atoms. The Morgan fingerprint density at radius 3 is 2.40 bits per heavy atom. The summed E-state index contributed by atoms with van der Waals surface area (Å²) in [6.45, 7) is 0. The van der Waals surface area contributed by atoms with E-state index in [1.807, 2.05) is 6.07 Å². The van der Waals surface area contributed by atoms with Gasteiger partial charge in [0.15, 0.2) is 23.0 Å². The first-order valence-corrected chi connectivity index (χ1v) is 7.96. The van der Waals surface area contributed by atoms with Gasteiger partial charge in [-0.15, -0.1) is 0 Å². The van der Waals surface area contributed by atoms with Gasteiger partial charge in [0.05, 0.1) is 26.7 Å². The minimum atomic E-state index is -0.235. The fraction of sp³-hybridized carbons (Fsp3) is 0.316. The van der Waals surface area contributed by atoms with E-state index in [2.05, 4.69) is 0 Å². The molecule has 0 fully saturated rings. The van der Waals surface area contributed by atoms with Crippen LogP contribution in [0.25, 0.3) is 0 Å². The lowest BCUT2D eigenvalue weighted by molar-refractivity contribution is -0.132. The van der Waals surface area contributed by atoms with Crippen molar-refractivity contribution in [2.24, 2.45) is 0 Å². The summed E-state index contributed by atoms with van der Waals surface area (Å²) in [6, 6.07) is 8.32. The van der Waals surface area contributed by atoms with Gasteiger partial charge < -0.3 is 24.6 Å². The molecule has 1 amide bonds. The van der Waals surface area contributed by atoms with Crippen LogP contribution in [0.15, 0.2) is 30.3 Å². The zero-order valence-electron chi connectivity index (χ0n) is 14.4. The van der Waals surface area contributed by atoms with Crippen LogP contribution in [0.3, 0.4) is 0 Å². The average molecular weight is 343 g/mol. The Hall–Kier alpha value is -2.89. The molecule has 2 N–H and O–H groups in total. The average Bonchev–Trinajstić information content (AvgIpc) is 2.59. The van der Waals surface area contributed by atoms with Gasteiger partial charge in [-0.05, 0) is 47.4 Å². The van der Waals surface area contributed by atoms with Crippen LogP contribution < -0.4 is 9.47 Å². The zero-order valence-corrected chi connectivity index (χ0v) is 14.4. The van der Waals surface area contributed by atoms with Crippen molar-refractivity contribution < 1.29 is 24.5 Å². The Labute approximate surface area is 146 Å². The van der Waals surface area contributed by atoms with Gasteiger partial charge in [0.25, 0.3) is 0 Å². The number of nitrogens with zero attached hydrogens (tertiary/aromatic N) is 1. The van der Waals surface area contributed by atoms with E-state index in [9.17, 15) is 15.0 Å². The summed E-state index contributed by atoms with van der Waals surface area (Å²) < 4.78 is 10.2. The Morgan fingerprint density at radius 2 is 1.76 bits per heavy atom. The first-order chi connectivity index (χ1) is 11.9. The molecular formula is C19H21NO5. The molecule has 2 aromatic rings. The van der Waals surface area contributed by atoms with Gasteiger partial charge in [0, 0.05) is 7.05 Å². The van der Waals surface area contributed by atoms with Gasteiger partial charge >= 0.3 is 0 Å². The Balaban J connectivity index is 1.99. The molecule has 2 aromatic carbocycles. The van der Waals surface area contributed by atoms with E-state index in [1.165, 1.54) is 14.2 Å². The van der Waals surface area contributed by atoms with E-state index in [1.54, 1.807) is 36.2 Å². The van der Waals surface area contributed by atoms with E-state index in [0.29, 0.717) is 17.9 Å². The third-order valence-corrected chi connectivity index (χ3v) is 4.67.